The van der Waals surface area contributed by atoms with Crippen LogP contribution >= 0.6 is 0 Å². The minimum absolute atomic E-state index is 0.0453. The summed E-state index contributed by atoms with van der Waals surface area (Å²) in [5.41, 5.74) is 3.27. The van der Waals surface area contributed by atoms with E-state index in [4.69, 9.17) is 5.26 Å². The van der Waals surface area contributed by atoms with Crippen LogP contribution in [0.3, 0.4) is 0 Å². The zero-order valence-electron chi connectivity index (χ0n) is 16.6. The number of nitrogens with zero attached hydrogens (tertiary/aromatic N) is 4. The zero-order valence-corrected chi connectivity index (χ0v) is 16.6. The van der Waals surface area contributed by atoms with Crippen molar-refractivity contribution in [3.63, 3.8) is 0 Å². The predicted octanol–water partition coefficient (Wildman–Crippen LogP) is 2.88. The van der Waals surface area contributed by atoms with Gasteiger partial charge >= 0.3 is 0 Å². The molecular weight excluding hydrogens is 369 g/mol. The van der Waals surface area contributed by atoms with Crippen molar-refractivity contribution in [2.75, 3.05) is 31.5 Å². The van der Waals surface area contributed by atoms with Gasteiger partial charge in [0.25, 0.3) is 0 Å². The second-order valence-electron chi connectivity index (χ2n) is 8.05. The molecule has 7 heteroatoms. The molecule has 6 nitrogen and oxygen atoms in total. The maximum atomic E-state index is 13.6. The third-order valence-corrected chi connectivity index (χ3v) is 6.00. The Hall–Kier alpha value is -2.72. The number of hydrogen-bond acceptors (Lipinski definition) is 5. The largest absolute Gasteiger partial charge is 0.382 e. The lowest BCUT2D eigenvalue weighted by atomic mass is 10.0. The van der Waals surface area contributed by atoms with Gasteiger partial charge in [0.1, 0.15) is 12.2 Å². The second-order valence-corrected chi connectivity index (χ2v) is 8.05. The summed E-state index contributed by atoms with van der Waals surface area (Å²) in [4.78, 5) is 20.5. The van der Waals surface area contributed by atoms with Crippen molar-refractivity contribution in [3.8, 4) is 6.07 Å². The summed E-state index contributed by atoms with van der Waals surface area (Å²) in [6, 6.07) is 10.00. The minimum Gasteiger partial charge on any atom is -0.382 e. The Labute approximate surface area is 170 Å². The van der Waals surface area contributed by atoms with E-state index in [9.17, 15) is 9.18 Å². The summed E-state index contributed by atoms with van der Waals surface area (Å²) in [7, 11) is 0. The number of carbonyl (C=O) groups excluding carboxylic acids is 1. The first kappa shape index (κ1) is 19.6. The Kier molecular flexibility index (Phi) is 5.63. The number of piperidine rings is 1. The number of alkyl halides is 1. The molecule has 2 aliphatic rings. The second kappa shape index (κ2) is 8.34. The molecule has 2 atom stereocenters. The maximum Gasteiger partial charge on any atom is 0.237 e. The van der Waals surface area contributed by atoms with Crippen LogP contribution in [0.15, 0.2) is 30.5 Å². The lowest BCUT2D eigenvalue weighted by Crippen LogP contribution is -2.46. The molecule has 2 aromatic rings. The SMILES string of the molecule is Cc1ccc(NC2CCN(CC(=O)N3C[C@@H](F)C[C@H]3C#N)CC2)c2cccnc12. The summed E-state index contributed by atoms with van der Waals surface area (Å²) < 4.78 is 13.6. The molecule has 0 radical (unpaired) electrons. The number of carbonyl (C=O) groups is 1. The monoisotopic (exact) mass is 395 g/mol. The Balaban J connectivity index is 1.33. The number of amides is 1. The summed E-state index contributed by atoms with van der Waals surface area (Å²) in [6.45, 7) is 3.97. The molecular formula is C22H26FN5O. The lowest BCUT2D eigenvalue weighted by molar-refractivity contribution is -0.132. The molecule has 4 rings (SSSR count). The summed E-state index contributed by atoms with van der Waals surface area (Å²) >= 11 is 0. The smallest absolute Gasteiger partial charge is 0.237 e. The van der Waals surface area contributed by atoms with Crippen molar-refractivity contribution in [2.24, 2.45) is 0 Å². The molecule has 0 unspecified atom stereocenters. The quantitative estimate of drug-likeness (QED) is 0.862. The standard InChI is InChI=1S/C22H26FN5O/c1-15-4-5-20(19-3-2-8-25-22(15)19)26-17-6-9-27(10-7-17)14-21(29)28-13-16(23)11-18(28)12-24/h2-5,8,16-18,26H,6-7,9-11,13-14H2,1H3/t16-,18-/m0/s1. The van der Waals surface area contributed by atoms with E-state index in [0.29, 0.717) is 6.04 Å². The lowest BCUT2D eigenvalue weighted by Gasteiger charge is -2.33. The van der Waals surface area contributed by atoms with Gasteiger partial charge in [-0.25, -0.2) is 4.39 Å². The van der Waals surface area contributed by atoms with E-state index in [1.54, 1.807) is 0 Å². The molecule has 2 fully saturated rings. The van der Waals surface area contributed by atoms with Gasteiger partial charge in [-0.3, -0.25) is 14.7 Å². The fraction of sp³-hybridized carbons (Fsp3) is 0.500. The number of hydrogen-bond donors (Lipinski definition) is 1. The molecule has 2 aliphatic heterocycles. The molecule has 0 aliphatic carbocycles. The Morgan fingerprint density at radius 1 is 1.34 bits per heavy atom. The van der Waals surface area contributed by atoms with Gasteiger partial charge in [-0.2, -0.15) is 5.26 Å². The van der Waals surface area contributed by atoms with Gasteiger partial charge < -0.3 is 10.2 Å². The molecule has 1 aromatic heterocycles. The van der Waals surface area contributed by atoms with Crippen molar-refractivity contribution in [2.45, 2.75) is 44.4 Å². The van der Waals surface area contributed by atoms with E-state index in [-0.39, 0.29) is 25.4 Å². The van der Waals surface area contributed by atoms with Gasteiger partial charge in [0.15, 0.2) is 0 Å². The van der Waals surface area contributed by atoms with Crippen LogP contribution in [0.4, 0.5) is 10.1 Å². The number of rotatable bonds is 4. The van der Waals surface area contributed by atoms with E-state index in [2.05, 4.69) is 40.3 Å². The number of pyridine rings is 1. The molecule has 29 heavy (non-hydrogen) atoms. The van der Waals surface area contributed by atoms with Crippen molar-refractivity contribution < 1.29 is 9.18 Å². The van der Waals surface area contributed by atoms with Crippen LogP contribution in [0.5, 0.6) is 0 Å². The molecule has 1 N–H and O–H groups in total. The van der Waals surface area contributed by atoms with E-state index >= 15 is 0 Å². The molecule has 3 heterocycles. The molecule has 152 valence electrons. The van der Waals surface area contributed by atoms with Crippen molar-refractivity contribution in [3.05, 3.63) is 36.0 Å². The van der Waals surface area contributed by atoms with Gasteiger partial charge in [0.2, 0.25) is 5.91 Å². The maximum absolute atomic E-state index is 13.6. The first-order valence-electron chi connectivity index (χ1n) is 10.2. The highest BCUT2D eigenvalue weighted by molar-refractivity contribution is 5.93. The van der Waals surface area contributed by atoms with Gasteiger partial charge in [-0.05, 0) is 43.5 Å². The number of aryl methyl sites for hydroxylation is 1. The van der Waals surface area contributed by atoms with Gasteiger partial charge in [0.05, 0.1) is 24.7 Å². The number of halogens is 1. The topological polar surface area (TPSA) is 72.3 Å². The van der Waals surface area contributed by atoms with Crippen LogP contribution in [-0.4, -0.2) is 65.1 Å². The average Bonchev–Trinajstić information content (AvgIpc) is 3.13. The van der Waals surface area contributed by atoms with E-state index in [0.717, 1.165) is 48.1 Å². The van der Waals surface area contributed by atoms with Crippen LogP contribution in [-0.2, 0) is 4.79 Å². The van der Waals surface area contributed by atoms with Crippen molar-refractivity contribution >= 4 is 22.5 Å². The van der Waals surface area contributed by atoms with Crippen molar-refractivity contribution in [1.29, 1.82) is 5.26 Å². The average molecular weight is 395 g/mol. The van der Waals surface area contributed by atoms with E-state index in [1.165, 1.54) is 4.90 Å². The van der Waals surface area contributed by atoms with Crippen LogP contribution < -0.4 is 5.32 Å². The first-order valence-corrected chi connectivity index (χ1v) is 10.2. The van der Waals surface area contributed by atoms with Crippen LogP contribution in [0.1, 0.15) is 24.8 Å². The summed E-state index contributed by atoms with van der Waals surface area (Å²) in [6.07, 6.45) is 2.72. The fourth-order valence-electron chi connectivity index (χ4n) is 4.36. The highest BCUT2D eigenvalue weighted by atomic mass is 19.1. The number of likely N-dealkylation sites (tertiary alicyclic amines) is 2. The van der Waals surface area contributed by atoms with Crippen LogP contribution in [0, 0.1) is 18.3 Å². The molecule has 1 amide bonds. The fourth-order valence-corrected chi connectivity index (χ4v) is 4.36. The van der Waals surface area contributed by atoms with Gasteiger partial charge in [-0.1, -0.05) is 6.07 Å². The third-order valence-electron chi connectivity index (χ3n) is 6.00. The number of aromatic nitrogens is 1. The summed E-state index contributed by atoms with van der Waals surface area (Å²) in [5.74, 6) is -0.140. The number of benzene rings is 1. The molecule has 0 spiro atoms. The number of fused-ring (bicyclic) bond motifs is 1. The Bertz CT molecular complexity index is 934. The van der Waals surface area contributed by atoms with Crippen molar-refractivity contribution in [1.82, 2.24) is 14.8 Å². The highest BCUT2D eigenvalue weighted by Crippen LogP contribution is 2.27. The zero-order chi connectivity index (χ0) is 20.4. The normalized spacial score (nSPS) is 23.3. The van der Waals surface area contributed by atoms with E-state index < -0.39 is 12.2 Å². The molecule has 0 bridgehead atoms. The molecule has 1 aromatic carbocycles. The third kappa shape index (κ3) is 4.18. The van der Waals surface area contributed by atoms with Gasteiger partial charge in [-0.15, -0.1) is 0 Å². The van der Waals surface area contributed by atoms with Crippen LogP contribution in [0.25, 0.3) is 10.9 Å². The first-order chi connectivity index (χ1) is 14.0. The Morgan fingerprint density at radius 2 is 2.14 bits per heavy atom. The van der Waals surface area contributed by atoms with Crippen LogP contribution in [0.2, 0.25) is 0 Å². The van der Waals surface area contributed by atoms with Gasteiger partial charge in [0, 0.05) is 42.8 Å². The minimum atomic E-state index is -1.09. The Morgan fingerprint density at radius 3 is 2.90 bits per heavy atom. The predicted molar refractivity (Wildman–Crippen MR) is 110 cm³/mol. The number of nitrogens with one attached hydrogen (secondary N) is 1. The molecule has 0 saturated carbocycles. The summed E-state index contributed by atoms with van der Waals surface area (Å²) in [5, 5.41) is 13.9. The van der Waals surface area contributed by atoms with E-state index in [1.807, 2.05) is 18.3 Å². The number of nitriles is 1. The number of anilines is 1. The molecule has 2 saturated heterocycles. The highest BCUT2D eigenvalue weighted by Gasteiger charge is 2.36.